The van der Waals surface area contributed by atoms with Crippen LogP contribution in [0.4, 0.5) is 0 Å². The second kappa shape index (κ2) is 18.8. The van der Waals surface area contributed by atoms with Gasteiger partial charge >= 0.3 is 0 Å². The number of carboxylic acids is 1. The van der Waals surface area contributed by atoms with Crippen LogP contribution in [0.3, 0.4) is 0 Å². The van der Waals surface area contributed by atoms with Crippen LogP contribution >= 0.6 is 0 Å². The summed E-state index contributed by atoms with van der Waals surface area (Å²) in [7, 11) is 0. The molecular formula is C15H32O3. The molecule has 2 N–H and O–H groups in total. The van der Waals surface area contributed by atoms with Crippen molar-refractivity contribution in [3.8, 4) is 0 Å². The maximum atomic E-state index is 9.00. The van der Waals surface area contributed by atoms with Crippen LogP contribution in [0, 0.1) is 0 Å². The molecule has 0 fully saturated rings. The number of rotatable bonds is 11. The smallest absolute Gasteiger partial charge is 0.300 e. The lowest BCUT2D eigenvalue weighted by atomic mass is 10.1. The van der Waals surface area contributed by atoms with Crippen LogP contribution < -0.4 is 0 Å². The number of aliphatic carboxylic acids is 1. The lowest BCUT2D eigenvalue weighted by molar-refractivity contribution is -0.134. The number of hydrogen-bond donors (Lipinski definition) is 2. The van der Waals surface area contributed by atoms with E-state index >= 15 is 0 Å². The van der Waals surface area contributed by atoms with E-state index < -0.39 is 5.97 Å². The van der Waals surface area contributed by atoms with Crippen LogP contribution in [-0.2, 0) is 4.79 Å². The van der Waals surface area contributed by atoms with Crippen molar-refractivity contribution in [2.45, 2.75) is 84.5 Å². The summed E-state index contributed by atoms with van der Waals surface area (Å²) in [6.45, 7) is 3.72. The molecule has 0 aliphatic heterocycles. The first-order valence-electron chi connectivity index (χ1n) is 7.45. The minimum Gasteiger partial charge on any atom is -0.481 e. The van der Waals surface area contributed by atoms with Gasteiger partial charge in [0.15, 0.2) is 0 Å². The largest absolute Gasteiger partial charge is 0.481 e. The van der Waals surface area contributed by atoms with E-state index in [1.807, 2.05) is 0 Å². The molecule has 0 radical (unpaired) electrons. The summed E-state index contributed by atoms with van der Waals surface area (Å²) >= 11 is 0. The van der Waals surface area contributed by atoms with Gasteiger partial charge in [0.2, 0.25) is 0 Å². The molecular weight excluding hydrogens is 228 g/mol. The molecule has 110 valence electrons. The van der Waals surface area contributed by atoms with Crippen LogP contribution in [0.25, 0.3) is 0 Å². The Bertz CT molecular complexity index is 142. The average Bonchev–Trinajstić information content (AvgIpc) is 2.31. The van der Waals surface area contributed by atoms with E-state index in [1.54, 1.807) is 0 Å². The molecule has 0 unspecified atom stereocenters. The summed E-state index contributed by atoms with van der Waals surface area (Å²) in [4.78, 5) is 9.00. The SMILES string of the molecule is CC(=O)O.CCCCCCCCCCCCCO. The molecule has 3 nitrogen and oxygen atoms in total. The highest BCUT2D eigenvalue weighted by atomic mass is 16.4. The summed E-state index contributed by atoms with van der Waals surface area (Å²) in [5, 5.41) is 16.0. The van der Waals surface area contributed by atoms with Crippen LogP contribution in [0.5, 0.6) is 0 Å². The number of aliphatic hydroxyl groups excluding tert-OH is 1. The molecule has 0 spiro atoms. The molecule has 0 aromatic carbocycles. The molecule has 0 aromatic rings. The molecule has 3 heteroatoms. The van der Waals surface area contributed by atoms with Gasteiger partial charge in [-0.05, 0) is 6.42 Å². The van der Waals surface area contributed by atoms with Gasteiger partial charge in [0, 0.05) is 13.5 Å². The second-order valence-electron chi connectivity index (χ2n) is 4.78. The van der Waals surface area contributed by atoms with Crippen LogP contribution in [-0.4, -0.2) is 22.8 Å². The van der Waals surface area contributed by atoms with E-state index in [2.05, 4.69) is 6.92 Å². The van der Waals surface area contributed by atoms with Gasteiger partial charge in [0.05, 0.1) is 0 Å². The zero-order valence-electron chi connectivity index (χ0n) is 12.3. The highest BCUT2D eigenvalue weighted by Crippen LogP contribution is 2.10. The molecule has 0 aliphatic rings. The predicted molar refractivity (Wildman–Crippen MR) is 76.9 cm³/mol. The number of hydrogen-bond acceptors (Lipinski definition) is 2. The lowest BCUT2D eigenvalue weighted by Gasteiger charge is -2.01. The van der Waals surface area contributed by atoms with Gasteiger partial charge in [0.25, 0.3) is 5.97 Å². The van der Waals surface area contributed by atoms with Gasteiger partial charge in [-0.2, -0.15) is 0 Å². The first kappa shape index (κ1) is 19.8. The molecule has 0 heterocycles. The molecule has 0 aromatic heterocycles. The Labute approximate surface area is 113 Å². The third kappa shape index (κ3) is 29.5. The van der Waals surface area contributed by atoms with Crippen molar-refractivity contribution in [3.63, 3.8) is 0 Å². The summed E-state index contributed by atoms with van der Waals surface area (Å²) in [5.74, 6) is -0.833. The first-order chi connectivity index (χ1) is 8.65. The van der Waals surface area contributed by atoms with Crippen molar-refractivity contribution in [2.24, 2.45) is 0 Å². The normalized spacial score (nSPS) is 9.72. The number of aliphatic hydroxyl groups is 1. The lowest BCUT2D eigenvalue weighted by Crippen LogP contribution is -1.84. The van der Waals surface area contributed by atoms with Gasteiger partial charge in [-0.25, -0.2) is 0 Å². The molecule has 0 aliphatic carbocycles. The third-order valence-electron chi connectivity index (χ3n) is 2.76. The highest BCUT2D eigenvalue weighted by molar-refractivity contribution is 5.62. The Kier molecular flexibility index (Phi) is 20.6. The van der Waals surface area contributed by atoms with E-state index in [0.717, 1.165) is 13.3 Å². The van der Waals surface area contributed by atoms with Crippen LogP contribution in [0.1, 0.15) is 84.5 Å². The Hall–Kier alpha value is -0.570. The minimum absolute atomic E-state index is 0.372. The van der Waals surface area contributed by atoms with Crippen molar-refractivity contribution >= 4 is 5.97 Å². The number of carboxylic acid groups (broad SMARTS) is 1. The van der Waals surface area contributed by atoms with Crippen molar-refractivity contribution in [3.05, 3.63) is 0 Å². The van der Waals surface area contributed by atoms with Crippen molar-refractivity contribution in [2.75, 3.05) is 6.61 Å². The van der Waals surface area contributed by atoms with E-state index in [0.29, 0.717) is 6.61 Å². The number of unbranched alkanes of at least 4 members (excludes halogenated alkanes) is 10. The van der Waals surface area contributed by atoms with E-state index in [1.165, 1.54) is 64.2 Å². The minimum atomic E-state index is -0.833. The van der Waals surface area contributed by atoms with Crippen LogP contribution in [0.15, 0.2) is 0 Å². The summed E-state index contributed by atoms with van der Waals surface area (Å²) in [6.07, 6.45) is 14.8. The van der Waals surface area contributed by atoms with Gasteiger partial charge < -0.3 is 10.2 Å². The van der Waals surface area contributed by atoms with E-state index in [-0.39, 0.29) is 0 Å². The van der Waals surface area contributed by atoms with Crippen molar-refractivity contribution < 1.29 is 15.0 Å². The van der Waals surface area contributed by atoms with Gasteiger partial charge in [-0.3, -0.25) is 4.79 Å². The summed E-state index contributed by atoms with van der Waals surface area (Å²) in [5.41, 5.74) is 0. The monoisotopic (exact) mass is 260 g/mol. The number of carbonyl (C=O) groups is 1. The first-order valence-corrected chi connectivity index (χ1v) is 7.45. The van der Waals surface area contributed by atoms with E-state index in [9.17, 15) is 0 Å². The zero-order valence-corrected chi connectivity index (χ0v) is 12.3. The molecule has 0 atom stereocenters. The summed E-state index contributed by atoms with van der Waals surface area (Å²) in [6, 6.07) is 0. The van der Waals surface area contributed by atoms with Gasteiger partial charge in [0.1, 0.15) is 0 Å². The molecule has 0 rings (SSSR count). The van der Waals surface area contributed by atoms with Crippen LogP contribution in [0.2, 0.25) is 0 Å². The second-order valence-corrected chi connectivity index (χ2v) is 4.78. The fraction of sp³-hybridized carbons (Fsp3) is 0.933. The average molecular weight is 260 g/mol. The maximum Gasteiger partial charge on any atom is 0.300 e. The van der Waals surface area contributed by atoms with Crippen molar-refractivity contribution in [1.82, 2.24) is 0 Å². The van der Waals surface area contributed by atoms with Gasteiger partial charge in [-0.15, -0.1) is 0 Å². The molecule has 0 saturated carbocycles. The Morgan fingerprint density at radius 1 is 0.778 bits per heavy atom. The third-order valence-corrected chi connectivity index (χ3v) is 2.76. The zero-order chi connectivity index (χ0) is 14.1. The Morgan fingerprint density at radius 3 is 1.33 bits per heavy atom. The maximum absolute atomic E-state index is 9.00. The van der Waals surface area contributed by atoms with Crippen molar-refractivity contribution in [1.29, 1.82) is 0 Å². The molecule has 0 amide bonds. The Balaban J connectivity index is 0. The highest BCUT2D eigenvalue weighted by Gasteiger charge is 1.91. The predicted octanol–water partition coefficient (Wildman–Crippen LogP) is 4.38. The quantitative estimate of drug-likeness (QED) is 0.542. The molecule has 0 bridgehead atoms. The molecule has 0 saturated heterocycles. The topological polar surface area (TPSA) is 57.5 Å². The summed E-state index contributed by atoms with van der Waals surface area (Å²) < 4.78 is 0. The van der Waals surface area contributed by atoms with Gasteiger partial charge in [-0.1, -0.05) is 71.1 Å². The van der Waals surface area contributed by atoms with E-state index in [4.69, 9.17) is 15.0 Å². The fourth-order valence-corrected chi connectivity index (χ4v) is 1.78. The standard InChI is InChI=1S/C13H28O.C2H4O2/c1-2-3-4-5-6-7-8-9-10-11-12-13-14;1-2(3)4/h14H,2-13H2,1H3;1H3,(H,3,4). The molecule has 18 heavy (non-hydrogen) atoms. The Morgan fingerprint density at radius 2 is 1.06 bits per heavy atom. The fourth-order valence-electron chi connectivity index (χ4n) is 1.78.